The van der Waals surface area contributed by atoms with Gasteiger partial charge >= 0.3 is 5.97 Å². The van der Waals surface area contributed by atoms with E-state index < -0.39 is 5.60 Å². The molecule has 0 saturated heterocycles. The molecule has 1 aliphatic rings. The molecule has 1 atom stereocenters. The molecule has 6 nitrogen and oxygen atoms in total. The van der Waals surface area contributed by atoms with Gasteiger partial charge in [-0.15, -0.1) is 0 Å². The van der Waals surface area contributed by atoms with Gasteiger partial charge in [-0.2, -0.15) is 0 Å². The zero-order valence-electron chi connectivity index (χ0n) is 26.9. The van der Waals surface area contributed by atoms with Crippen molar-refractivity contribution >= 4 is 22.6 Å². The summed E-state index contributed by atoms with van der Waals surface area (Å²) < 4.78 is 15.8. The molecule has 0 aliphatic carbocycles. The van der Waals surface area contributed by atoms with E-state index in [1.54, 1.807) is 12.3 Å². The van der Waals surface area contributed by atoms with Crippen molar-refractivity contribution in [2.75, 3.05) is 24.6 Å². The minimum absolute atomic E-state index is 0.380. The summed E-state index contributed by atoms with van der Waals surface area (Å²) in [6.45, 7) is 11.8. The Balaban J connectivity index is 1.75. The lowest BCUT2D eigenvalue weighted by molar-refractivity contribution is 0.0241. The molecule has 0 bridgehead atoms. The van der Waals surface area contributed by atoms with Gasteiger partial charge < -0.3 is 18.9 Å². The number of aromatic nitrogens is 2. The van der Waals surface area contributed by atoms with E-state index >= 15 is 0 Å². The standard InChI is InChI=1S/C39H43N3O3/c1-5-9-25-42-33-21-15-14-19-30(33)35(36(42)28-17-12-11-13-18-28)39(37-31(38(43)45-39)20-16-24-40-37)32-23-22-29(41(7-3)8-4)27-34(32)44-26-10-6-2/h11-24,27H,5-10,25-26H2,1-4H3. The Hall–Kier alpha value is -4.58. The fourth-order valence-electron chi connectivity index (χ4n) is 6.72. The molecule has 0 saturated carbocycles. The number of ether oxygens (including phenoxy) is 2. The van der Waals surface area contributed by atoms with Crippen LogP contribution in [0, 0.1) is 0 Å². The highest BCUT2D eigenvalue weighted by atomic mass is 16.6. The van der Waals surface area contributed by atoms with Crippen molar-refractivity contribution in [3.63, 3.8) is 0 Å². The number of esters is 1. The molecule has 6 heteroatoms. The maximum Gasteiger partial charge on any atom is 0.341 e. The fourth-order valence-corrected chi connectivity index (χ4v) is 6.72. The third kappa shape index (κ3) is 5.26. The van der Waals surface area contributed by atoms with Gasteiger partial charge in [0.1, 0.15) is 11.4 Å². The summed E-state index contributed by atoms with van der Waals surface area (Å²) in [7, 11) is 0. The lowest BCUT2D eigenvalue weighted by Crippen LogP contribution is -2.32. The van der Waals surface area contributed by atoms with Gasteiger partial charge in [-0.3, -0.25) is 4.98 Å². The van der Waals surface area contributed by atoms with Crippen LogP contribution in [0.5, 0.6) is 5.75 Å². The molecule has 5 aromatic rings. The highest BCUT2D eigenvalue weighted by molar-refractivity contribution is 6.00. The largest absolute Gasteiger partial charge is 0.493 e. The van der Waals surface area contributed by atoms with Crippen LogP contribution in [0.3, 0.4) is 0 Å². The van der Waals surface area contributed by atoms with E-state index in [-0.39, 0.29) is 5.97 Å². The number of anilines is 1. The number of unbranched alkanes of at least 4 members (excludes halogenated alkanes) is 2. The first-order chi connectivity index (χ1) is 22.1. The minimum Gasteiger partial charge on any atom is -0.493 e. The first-order valence-electron chi connectivity index (χ1n) is 16.5. The molecule has 232 valence electrons. The molecule has 0 fully saturated rings. The molecular formula is C39H43N3O3. The summed E-state index contributed by atoms with van der Waals surface area (Å²) >= 11 is 0. The summed E-state index contributed by atoms with van der Waals surface area (Å²) in [6.07, 6.45) is 5.77. The van der Waals surface area contributed by atoms with Crippen LogP contribution in [0.25, 0.3) is 22.2 Å². The fraction of sp³-hybridized carbons (Fsp3) is 0.333. The van der Waals surface area contributed by atoms with Gasteiger partial charge in [0, 0.05) is 59.6 Å². The smallest absolute Gasteiger partial charge is 0.341 e. The van der Waals surface area contributed by atoms with Crippen LogP contribution in [-0.4, -0.2) is 35.2 Å². The Morgan fingerprint density at radius 1 is 0.867 bits per heavy atom. The first kappa shape index (κ1) is 30.4. The van der Waals surface area contributed by atoms with E-state index in [1.807, 2.05) is 12.1 Å². The van der Waals surface area contributed by atoms with Crippen molar-refractivity contribution in [2.45, 2.75) is 65.5 Å². The summed E-state index contributed by atoms with van der Waals surface area (Å²) in [5, 5.41) is 1.03. The summed E-state index contributed by atoms with van der Waals surface area (Å²) in [5.74, 6) is 0.332. The molecule has 1 aliphatic heterocycles. The van der Waals surface area contributed by atoms with Crippen LogP contribution in [0.4, 0.5) is 5.69 Å². The molecular weight excluding hydrogens is 558 g/mol. The molecule has 3 heterocycles. The highest BCUT2D eigenvalue weighted by Gasteiger charge is 2.54. The Morgan fingerprint density at radius 2 is 1.62 bits per heavy atom. The maximum absolute atomic E-state index is 13.9. The van der Waals surface area contributed by atoms with Crippen LogP contribution in [0.2, 0.25) is 0 Å². The minimum atomic E-state index is -1.33. The van der Waals surface area contributed by atoms with Crippen LogP contribution >= 0.6 is 0 Å². The number of benzene rings is 3. The lowest BCUT2D eigenvalue weighted by Gasteiger charge is -2.33. The topological polar surface area (TPSA) is 56.6 Å². The number of aryl methyl sites for hydroxylation is 1. The zero-order valence-corrected chi connectivity index (χ0v) is 26.9. The normalized spacial score (nSPS) is 15.7. The Morgan fingerprint density at radius 3 is 2.38 bits per heavy atom. The van der Waals surface area contributed by atoms with E-state index in [0.29, 0.717) is 23.6 Å². The number of fused-ring (bicyclic) bond motifs is 2. The third-order valence-corrected chi connectivity index (χ3v) is 8.94. The second-order valence-corrected chi connectivity index (χ2v) is 11.6. The van der Waals surface area contributed by atoms with Crippen LogP contribution < -0.4 is 9.64 Å². The molecule has 1 unspecified atom stereocenters. The average molecular weight is 602 g/mol. The number of carbonyl (C=O) groups excluding carboxylic acids is 1. The van der Waals surface area contributed by atoms with Crippen molar-refractivity contribution in [3.05, 3.63) is 114 Å². The Kier molecular flexibility index (Phi) is 8.92. The number of para-hydroxylation sites is 1. The summed E-state index contributed by atoms with van der Waals surface area (Å²) in [4.78, 5) is 21.2. The summed E-state index contributed by atoms with van der Waals surface area (Å²) in [6, 6.07) is 28.9. The first-order valence-corrected chi connectivity index (χ1v) is 16.5. The van der Waals surface area contributed by atoms with Crippen molar-refractivity contribution in [2.24, 2.45) is 0 Å². The van der Waals surface area contributed by atoms with Gasteiger partial charge in [0.15, 0.2) is 0 Å². The lowest BCUT2D eigenvalue weighted by atomic mass is 9.79. The molecule has 45 heavy (non-hydrogen) atoms. The van der Waals surface area contributed by atoms with E-state index in [1.165, 1.54) is 0 Å². The quantitative estimate of drug-likeness (QED) is 0.0996. The van der Waals surface area contributed by atoms with Gasteiger partial charge in [0.05, 0.1) is 17.9 Å². The van der Waals surface area contributed by atoms with E-state index in [0.717, 1.165) is 84.3 Å². The predicted molar refractivity (Wildman–Crippen MR) is 182 cm³/mol. The van der Waals surface area contributed by atoms with Gasteiger partial charge in [-0.25, -0.2) is 4.79 Å². The Bertz CT molecular complexity index is 1790. The third-order valence-electron chi connectivity index (χ3n) is 8.94. The van der Waals surface area contributed by atoms with Crippen LogP contribution in [0.15, 0.2) is 91.1 Å². The number of pyridine rings is 1. The molecule has 3 aromatic carbocycles. The van der Waals surface area contributed by atoms with Crippen molar-refractivity contribution in [1.29, 1.82) is 0 Å². The van der Waals surface area contributed by atoms with E-state index in [9.17, 15) is 4.79 Å². The van der Waals surface area contributed by atoms with E-state index in [2.05, 4.69) is 104 Å². The van der Waals surface area contributed by atoms with Gasteiger partial charge in [0.2, 0.25) is 5.60 Å². The van der Waals surface area contributed by atoms with Crippen molar-refractivity contribution in [1.82, 2.24) is 9.55 Å². The molecule has 0 radical (unpaired) electrons. The van der Waals surface area contributed by atoms with Gasteiger partial charge in [-0.05, 0) is 62.6 Å². The maximum atomic E-state index is 13.9. The second kappa shape index (κ2) is 13.2. The van der Waals surface area contributed by atoms with Crippen LogP contribution in [-0.2, 0) is 16.9 Å². The monoisotopic (exact) mass is 601 g/mol. The van der Waals surface area contributed by atoms with Gasteiger partial charge in [-0.1, -0.05) is 75.2 Å². The zero-order chi connectivity index (χ0) is 31.4. The molecule has 0 amide bonds. The van der Waals surface area contributed by atoms with Crippen LogP contribution in [0.1, 0.15) is 80.6 Å². The Labute approximate surface area is 266 Å². The summed E-state index contributed by atoms with van der Waals surface area (Å²) in [5.41, 5.74) is 5.72. The van der Waals surface area contributed by atoms with Crippen molar-refractivity contribution in [3.8, 4) is 17.0 Å². The number of rotatable bonds is 13. The predicted octanol–water partition coefficient (Wildman–Crippen LogP) is 8.99. The average Bonchev–Trinajstić information content (AvgIpc) is 3.57. The van der Waals surface area contributed by atoms with E-state index in [4.69, 9.17) is 14.5 Å². The number of hydrogen-bond acceptors (Lipinski definition) is 5. The molecule has 0 spiro atoms. The molecule has 6 rings (SSSR count). The molecule has 0 N–H and O–H groups in total. The SMILES string of the molecule is CCCCOc1cc(N(CC)CC)ccc1C1(c2c(-c3ccccc3)n(CCCC)c3ccccc23)OC(=O)c2cccnc21. The number of hydrogen-bond donors (Lipinski definition) is 0. The van der Waals surface area contributed by atoms with Gasteiger partial charge in [0.25, 0.3) is 0 Å². The second-order valence-electron chi connectivity index (χ2n) is 11.6. The number of cyclic esters (lactones) is 1. The highest BCUT2D eigenvalue weighted by Crippen LogP contribution is 2.54. The molecule has 2 aromatic heterocycles. The van der Waals surface area contributed by atoms with Crippen molar-refractivity contribution < 1.29 is 14.3 Å². The number of carbonyl (C=O) groups is 1. The number of nitrogens with zero attached hydrogens (tertiary/aromatic N) is 3.